The van der Waals surface area contributed by atoms with Crippen LogP contribution in [0, 0.1) is 0 Å². The number of imidazole rings is 1. The summed E-state index contributed by atoms with van der Waals surface area (Å²) >= 11 is 0. The lowest BCUT2D eigenvalue weighted by Gasteiger charge is -2.02. The van der Waals surface area contributed by atoms with Crippen molar-refractivity contribution in [3.05, 3.63) is 24.0 Å². The molecular weight excluding hydrogens is 294 g/mol. The van der Waals surface area contributed by atoms with Gasteiger partial charge in [0, 0.05) is 18.7 Å². The normalized spacial score (nSPS) is 11.5. The zero-order valence-corrected chi connectivity index (χ0v) is 12.7. The summed E-state index contributed by atoms with van der Waals surface area (Å²) in [6.45, 7) is 0.222. The number of amides is 1. The third kappa shape index (κ3) is 4.45. The van der Waals surface area contributed by atoms with Gasteiger partial charge in [-0.3, -0.25) is 4.79 Å². The van der Waals surface area contributed by atoms with Crippen molar-refractivity contribution in [3.63, 3.8) is 0 Å². The predicted molar refractivity (Wildman–Crippen MR) is 78.8 cm³/mol. The minimum absolute atomic E-state index is 0.0487. The van der Waals surface area contributed by atoms with Crippen molar-refractivity contribution in [3.8, 4) is 5.75 Å². The Bertz CT molecular complexity index is 752. The lowest BCUT2D eigenvalue weighted by molar-refractivity contribution is -0.120. The fourth-order valence-corrected chi connectivity index (χ4v) is 2.36. The van der Waals surface area contributed by atoms with Crippen molar-refractivity contribution in [2.24, 2.45) is 0 Å². The van der Waals surface area contributed by atoms with Gasteiger partial charge in [-0.2, -0.15) is 0 Å². The van der Waals surface area contributed by atoms with Crippen LogP contribution in [0.15, 0.2) is 18.2 Å². The Morgan fingerprint density at radius 2 is 2.19 bits per heavy atom. The number of hydrogen-bond acceptors (Lipinski definition) is 5. The summed E-state index contributed by atoms with van der Waals surface area (Å²) < 4.78 is 27.1. The van der Waals surface area contributed by atoms with Gasteiger partial charge in [-0.05, 0) is 12.1 Å². The van der Waals surface area contributed by atoms with Crippen LogP contribution in [0.25, 0.3) is 11.0 Å². The van der Waals surface area contributed by atoms with Gasteiger partial charge >= 0.3 is 0 Å². The van der Waals surface area contributed by atoms with E-state index in [2.05, 4.69) is 15.3 Å². The Labute approximate surface area is 122 Å². The van der Waals surface area contributed by atoms with Crippen molar-refractivity contribution < 1.29 is 17.9 Å². The van der Waals surface area contributed by atoms with Crippen molar-refractivity contribution in [1.29, 1.82) is 0 Å². The highest BCUT2D eigenvalue weighted by atomic mass is 32.2. The lowest BCUT2D eigenvalue weighted by atomic mass is 10.3. The van der Waals surface area contributed by atoms with E-state index in [0.29, 0.717) is 5.82 Å². The summed E-state index contributed by atoms with van der Waals surface area (Å²) in [5.41, 5.74) is 1.59. The van der Waals surface area contributed by atoms with E-state index in [-0.39, 0.29) is 24.6 Å². The van der Waals surface area contributed by atoms with Crippen molar-refractivity contribution in [1.82, 2.24) is 15.3 Å². The zero-order chi connectivity index (χ0) is 15.5. The monoisotopic (exact) mass is 311 g/mol. The van der Waals surface area contributed by atoms with E-state index in [1.54, 1.807) is 13.2 Å². The van der Waals surface area contributed by atoms with Gasteiger partial charge in [0.05, 0.1) is 30.4 Å². The summed E-state index contributed by atoms with van der Waals surface area (Å²) in [5.74, 6) is 0.843. The number of aromatic nitrogens is 2. The van der Waals surface area contributed by atoms with Gasteiger partial charge in [0.2, 0.25) is 5.91 Å². The van der Waals surface area contributed by atoms with E-state index in [4.69, 9.17) is 4.74 Å². The van der Waals surface area contributed by atoms with E-state index in [0.717, 1.165) is 23.0 Å². The highest BCUT2D eigenvalue weighted by Gasteiger charge is 2.09. The fourth-order valence-electron chi connectivity index (χ4n) is 1.80. The lowest BCUT2D eigenvalue weighted by Crippen LogP contribution is -2.25. The molecule has 0 radical (unpaired) electrons. The first-order chi connectivity index (χ1) is 9.87. The molecule has 0 aliphatic rings. The summed E-state index contributed by atoms with van der Waals surface area (Å²) in [6.07, 6.45) is 1.06. The number of methoxy groups -OCH3 is 1. The Balaban J connectivity index is 1.95. The molecule has 7 nitrogen and oxygen atoms in total. The molecule has 2 N–H and O–H groups in total. The second-order valence-electron chi connectivity index (χ2n) is 4.72. The molecule has 0 bridgehead atoms. The summed E-state index contributed by atoms with van der Waals surface area (Å²) in [4.78, 5) is 18.9. The van der Waals surface area contributed by atoms with Gasteiger partial charge in [0.1, 0.15) is 21.4 Å². The van der Waals surface area contributed by atoms with Gasteiger partial charge in [0.15, 0.2) is 0 Å². The first-order valence-electron chi connectivity index (χ1n) is 6.34. The third-order valence-corrected chi connectivity index (χ3v) is 3.84. The van der Waals surface area contributed by atoms with E-state index in [1.165, 1.54) is 0 Å². The number of fused-ring (bicyclic) bond motifs is 1. The summed E-state index contributed by atoms with van der Waals surface area (Å²) in [6, 6.07) is 5.44. The van der Waals surface area contributed by atoms with Crippen molar-refractivity contribution >= 4 is 26.8 Å². The Morgan fingerprint density at radius 3 is 2.86 bits per heavy atom. The van der Waals surface area contributed by atoms with Crippen LogP contribution in [0.1, 0.15) is 12.2 Å². The number of ether oxygens (including phenoxy) is 1. The van der Waals surface area contributed by atoms with Crippen LogP contribution in [0.4, 0.5) is 0 Å². The number of H-pyrrole nitrogens is 1. The van der Waals surface area contributed by atoms with Gasteiger partial charge in [0.25, 0.3) is 0 Å². The van der Waals surface area contributed by atoms with Gasteiger partial charge in [-0.25, -0.2) is 13.4 Å². The summed E-state index contributed by atoms with van der Waals surface area (Å²) in [7, 11) is -1.54. The van der Waals surface area contributed by atoms with Crippen molar-refractivity contribution in [2.45, 2.75) is 13.0 Å². The fraction of sp³-hybridized carbons (Fsp3) is 0.385. The maximum atomic E-state index is 11.5. The zero-order valence-electron chi connectivity index (χ0n) is 11.8. The molecule has 114 valence electrons. The van der Waals surface area contributed by atoms with E-state index in [9.17, 15) is 13.2 Å². The SMILES string of the molecule is COc1ccc2nc(CNC(=O)CCS(C)(=O)=O)[nH]c2c1. The minimum Gasteiger partial charge on any atom is -0.497 e. The molecule has 0 fully saturated rings. The number of hydrogen-bond donors (Lipinski definition) is 2. The van der Waals surface area contributed by atoms with Crippen LogP contribution in [0.2, 0.25) is 0 Å². The van der Waals surface area contributed by atoms with Crippen molar-refractivity contribution in [2.75, 3.05) is 19.1 Å². The average molecular weight is 311 g/mol. The first kappa shape index (κ1) is 15.3. The largest absolute Gasteiger partial charge is 0.497 e. The highest BCUT2D eigenvalue weighted by molar-refractivity contribution is 7.90. The third-order valence-electron chi connectivity index (χ3n) is 2.89. The average Bonchev–Trinajstić information content (AvgIpc) is 2.83. The second kappa shape index (κ2) is 6.13. The first-order valence-corrected chi connectivity index (χ1v) is 8.40. The smallest absolute Gasteiger partial charge is 0.221 e. The molecule has 8 heteroatoms. The molecule has 0 saturated carbocycles. The van der Waals surface area contributed by atoms with Gasteiger partial charge in [-0.15, -0.1) is 0 Å². The van der Waals surface area contributed by atoms with Crippen LogP contribution < -0.4 is 10.1 Å². The number of carbonyl (C=O) groups is 1. The number of carbonyl (C=O) groups excluding carboxylic acids is 1. The summed E-state index contributed by atoms with van der Waals surface area (Å²) in [5, 5.41) is 2.63. The van der Waals surface area contributed by atoms with Crippen LogP contribution in [-0.2, 0) is 21.2 Å². The quantitative estimate of drug-likeness (QED) is 0.814. The molecule has 0 atom stereocenters. The Hall–Kier alpha value is -2.09. The van der Waals surface area contributed by atoms with Gasteiger partial charge < -0.3 is 15.0 Å². The van der Waals surface area contributed by atoms with Crippen LogP contribution in [0.3, 0.4) is 0 Å². The van der Waals surface area contributed by atoms with E-state index >= 15 is 0 Å². The van der Waals surface area contributed by atoms with E-state index < -0.39 is 9.84 Å². The number of benzene rings is 1. The van der Waals surface area contributed by atoms with E-state index in [1.807, 2.05) is 12.1 Å². The minimum atomic E-state index is -3.13. The molecule has 0 saturated heterocycles. The molecule has 2 rings (SSSR count). The topological polar surface area (TPSA) is 101 Å². The van der Waals surface area contributed by atoms with Crippen LogP contribution in [0.5, 0.6) is 5.75 Å². The maximum absolute atomic E-state index is 11.5. The number of rotatable bonds is 6. The molecule has 1 aromatic heterocycles. The van der Waals surface area contributed by atoms with Crippen LogP contribution >= 0.6 is 0 Å². The standard InChI is InChI=1S/C13H17N3O4S/c1-20-9-3-4-10-11(7-9)16-12(15-10)8-14-13(17)5-6-21(2,18)19/h3-4,7H,5-6,8H2,1-2H3,(H,14,17)(H,15,16). The van der Waals surface area contributed by atoms with Gasteiger partial charge in [-0.1, -0.05) is 0 Å². The predicted octanol–water partition coefficient (Wildman–Crippen LogP) is 0.622. The maximum Gasteiger partial charge on any atom is 0.221 e. The number of sulfone groups is 1. The highest BCUT2D eigenvalue weighted by Crippen LogP contribution is 2.18. The number of nitrogens with zero attached hydrogens (tertiary/aromatic N) is 1. The molecule has 0 unspecified atom stereocenters. The molecular formula is C13H17N3O4S. The molecule has 0 aliphatic heterocycles. The molecule has 0 spiro atoms. The number of aromatic amines is 1. The Kier molecular flexibility index (Phi) is 4.46. The second-order valence-corrected chi connectivity index (χ2v) is 6.98. The molecule has 2 aromatic rings. The molecule has 1 aromatic carbocycles. The Morgan fingerprint density at radius 1 is 1.43 bits per heavy atom. The van der Waals surface area contributed by atoms with Crippen LogP contribution in [-0.4, -0.2) is 43.4 Å². The molecule has 0 aliphatic carbocycles. The molecule has 1 heterocycles. The number of nitrogens with one attached hydrogen (secondary N) is 2. The molecule has 21 heavy (non-hydrogen) atoms. The molecule has 1 amide bonds.